The minimum Gasteiger partial charge on any atom is -0.352 e. The molecule has 0 bridgehead atoms. The van der Waals surface area contributed by atoms with Gasteiger partial charge in [-0.25, -0.2) is 8.42 Å². The number of amides is 2. The van der Waals surface area contributed by atoms with Crippen LogP contribution in [-0.2, 0) is 32.6 Å². The molecule has 1 atom stereocenters. The van der Waals surface area contributed by atoms with E-state index in [1.165, 1.54) is 9.21 Å². The Labute approximate surface area is 226 Å². The number of hydrogen-bond acceptors (Lipinski definition) is 4. The zero-order chi connectivity index (χ0) is 27.9. The summed E-state index contributed by atoms with van der Waals surface area (Å²) in [6.45, 7) is 8.92. The van der Waals surface area contributed by atoms with Crippen molar-refractivity contribution in [3.63, 3.8) is 0 Å². The van der Waals surface area contributed by atoms with Gasteiger partial charge in [0.2, 0.25) is 11.8 Å². The van der Waals surface area contributed by atoms with Crippen LogP contribution in [0.2, 0.25) is 0 Å². The highest BCUT2D eigenvalue weighted by atomic mass is 32.2. The molecule has 202 valence electrons. The monoisotopic (exact) mass is 535 g/mol. The molecule has 0 aliphatic heterocycles. The lowest BCUT2D eigenvalue weighted by Crippen LogP contribution is -2.52. The average Bonchev–Trinajstić information content (AvgIpc) is 2.90. The summed E-state index contributed by atoms with van der Waals surface area (Å²) in [6.07, 6.45) is 0.589. The van der Waals surface area contributed by atoms with E-state index in [9.17, 15) is 18.0 Å². The summed E-state index contributed by atoms with van der Waals surface area (Å²) in [4.78, 5) is 28.4. The predicted octanol–water partition coefficient (Wildman–Crippen LogP) is 4.69. The van der Waals surface area contributed by atoms with E-state index in [0.29, 0.717) is 12.1 Å². The van der Waals surface area contributed by atoms with Crippen molar-refractivity contribution >= 4 is 27.5 Å². The van der Waals surface area contributed by atoms with Crippen molar-refractivity contribution in [2.24, 2.45) is 0 Å². The van der Waals surface area contributed by atoms with Gasteiger partial charge in [-0.1, -0.05) is 73.2 Å². The Bertz CT molecular complexity index is 1340. The highest BCUT2D eigenvalue weighted by molar-refractivity contribution is 7.92. The first kappa shape index (κ1) is 28.9. The third-order valence-corrected chi connectivity index (χ3v) is 8.10. The van der Waals surface area contributed by atoms with Crippen molar-refractivity contribution in [1.29, 1.82) is 0 Å². The Hall–Kier alpha value is -3.65. The van der Waals surface area contributed by atoms with Crippen molar-refractivity contribution in [2.75, 3.05) is 10.8 Å². The molecule has 8 heteroatoms. The molecule has 0 aromatic heterocycles. The summed E-state index contributed by atoms with van der Waals surface area (Å²) < 4.78 is 29.1. The van der Waals surface area contributed by atoms with Gasteiger partial charge >= 0.3 is 0 Å². The van der Waals surface area contributed by atoms with Crippen LogP contribution in [0.5, 0.6) is 0 Å². The Morgan fingerprint density at radius 3 is 2.08 bits per heavy atom. The van der Waals surface area contributed by atoms with Crippen LogP contribution in [0, 0.1) is 6.92 Å². The third-order valence-electron chi connectivity index (χ3n) is 6.32. The number of hydrogen-bond donors (Lipinski definition) is 1. The molecule has 1 N–H and O–H groups in total. The van der Waals surface area contributed by atoms with E-state index in [4.69, 9.17) is 0 Å². The molecule has 3 rings (SSSR count). The number of benzene rings is 3. The first-order valence-corrected chi connectivity index (χ1v) is 14.3. The number of nitrogens with one attached hydrogen (secondary N) is 1. The van der Waals surface area contributed by atoms with Gasteiger partial charge in [0.15, 0.2) is 0 Å². The van der Waals surface area contributed by atoms with Crippen molar-refractivity contribution in [1.82, 2.24) is 10.2 Å². The quantitative estimate of drug-likeness (QED) is 0.386. The van der Waals surface area contributed by atoms with E-state index in [2.05, 4.69) is 5.32 Å². The molecule has 2 amide bonds. The number of sulfonamides is 1. The zero-order valence-corrected chi connectivity index (χ0v) is 23.5. The second-order valence-corrected chi connectivity index (χ2v) is 11.5. The van der Waals surface area contributed by atoms with Crippen LogP contribution >= 0.6 is 0 Å². The maximum absolute atomic E-state index is 14.0. The second-order valence-electron chi connectivity index (χ2n) is 9.65. The van der Waals surface area contributed by atoms with Gasteiger partial charge < -0.3 is 10.2 Å². The average molecular weight is 536 g/mol. The highest BCUT2D eigenvalue weighted by Gasteiger charge is 2.33. The first-order chi connectivity index (χ1) is 18.0. The molecule has 0 spiro atoms. The molecule has 7 nitrogen and oxygen atoms in total. The maximum Gasteiger partial charge on any atom is 0.264 e. The largest absolute Gasteiger partial charge is 0.352 e. The number of carbonyl (C=O) groups is 2. The van der Waals surface area contributed by atoms with Crippen LogP contribution < -0.4 is 9.62 Å². The lowest BCUT2D eigenvalue weighted by Gasteiger charge is -2.33. The van der Waals surface area contributed by atoms with Gasteiger partial charge in [0.25, 0.3) is 10.0 Å². The molecule has 0 saturated heterocycles. The van der Waals surface area contributed by atoms with E-state index in [-0.39, 0.29) is 23.4 Å². The van der Waals surface area contributed by atoms with E-state index in [1.54, 1.807) is 43.3 Å². The molecule has 0 aliphatic rings. The molecular formula is C30H37N3O4S. The van der Waals surface area contributed by atoms with Gasteiger partial charge in [-0.3, -0.25) is 13.9 Å². The number of nitrogens with zero attached hydrogens (tertiary/aromatic N) is 2. The number of para-hydroxylation sites is 1. The second kappa shape index (κ2) is 12.7. The minimum absolute atomic E-state index is 0.0991. The van der Waals surface area contributed by atoms with E-state index in [0.717, 1.165) is 16.7 Å². The molecular weight excluding hydrogens is 498 g/mol. The van der Waals surface area contributed by atoms with Crippen molar-refractivity contribution < 1.29 is 18.0 Å². The van der Waals surface area contributed by atoms with E-state index >= 15 is 0 Å². The van der Waals surface area contributed by atoms with Crippen LogP contribution in [0.15, 0.2) is 83.8 Å². The predicted molar refractivity (Wildman–Crippen MR) is 151 cm³/mol. The Balaban J connectivity index is 2.06. The van der Waals surface area contributed by atoms with Gasteiger partial charge in [0.05, 0.1) is 10.6 Å². The zero-order valence-electron chi connectivity index (χ0n) is 22.7. The van der Waals surface area contributed by atoms with E-state index < -0.39 is 28.5 Å². The molecule has 0 fully saturated rings. The Morgan fingerprint density at radius 2 is 1.47 bits per heavy atom. The maximum atomic E-state index is 14.0. The number of rotatable bonds is 11. The smallest absolute Gasteiger partial charge is 0.264 e. The fourth-order valence-electron chi connectivity index (χ4n) is 4.17. The van der Waals surface area contributed by atoms with Gasteiger partial charge in [-0.15, -0.1) is 0 Å². The first-order valence-electron chi connectivity index (χ1n) is 12.9. The molecule has 0 radical (unpaired) electrons. The van der Waals surface area contributed by atoms with Crippen LogP contribution in [0.25, 0.3) is 0 Å². The van der Waals surface area contributed by atoms with Gasteiger partial charge in [0.1, 0.15) is 12.6 Å². The topological polar surface area (TPSA) is 86.8 Å². The summed E-state index contributed by atoms with van der Waals surface area (Å²) in [5.74, 6) is -0.770. The highest BCUT2D eigenvalue weighted by Crippen LogP contribution is 2.28. The summed E-state index contributed by atoms with van der Waals surface area (Å²) in [6, 6.07) is 22.2. The third kappa shape index (κ3) is 7.01. The van der Waals surface area contributed by atoms with Crippen molar-refractivity contribution in [2.45, 2.75) is 64.6 Å². The molecule has 38 heavy (non-hydrogen) atoms. The summed E-state index contributed by atoms with van der Waals surface area (Å²) in [5.41, 5.74) is 3.02. The normalized spacial score (nSPS) is 12.2. The molecule has 3 aromatic rings. The van der Waals surface area contributed by atoms with E-state index in [1.807, 2.05) is 70.2 Å². The summed E-state index contributed by atoms with van der Waals surface area (Å²) in [5, 5.41) is 2.86. The Morgan fingerprint density at radius 1 is 0.868 bits per heavy atom. The van der Waals surface area contributed by atoms with Gasteiger partial charge in [0, 0.05) is 12.6 Å². The van der Waals surface area contributed by atoms with Crippen LogP contribution in [0.4, 0.5) is 5.69 Å². The number of anilines is 1. The number of carbonyl (C=O) groups excluding carboxylic acids is 2. The van der Waals surface area contributed by atoms with Gasteiger partial charge in [-0.2, -0.15) is 0 Å². The summed E-state index contributed by atoms with van der Waals surface area (Å²) in [7, 11) is -4.08. The molecule has 0 saturated carbocycles. The Kier molecular flexibility index (Phi) is 9.69. The fourth-order valence-corrected chi connectivity index (χ4v) is 5.62. The van der Waals surface area contributed by atoms with Crippen molar-refractivity contribution in [3.8, 4) is 0 Å². The minimum atomic E-state index is -4.08. The fraction of sp³-hybridized carbons (Fsp3) is 0.333. The molecule has 0 unspecified atom stereocenters. The lowest BCUT2D eigenvalue weighted by molar-refractivity contribution is -0.139. The number of aryl methyl sites for hydroxylation is 2. The van der Waals surface area contributed by atoms with Crippen molar-refractivity contribution in [3.05, 3.63) is 95.6 Å². The van der Waals surface area contributed by atoms with Crippen LogP contribution in [0.1, 0.15) is 44.4 Å². The molecule has 0 heterocycles. The standard InChI is InChI=1S/C30H37N3O4S/c1-6-26-14-10-11-15-28(26)33(38(36,37)27-18-16-23(4)17-19-27)21-29(34)32(20-25-12-8-7-9-13-25)24(5)30(35)31-22(2)3/h7-19,22,24H,6,20-21H2,1-5H3,(H,31,35)/t24-/m1/s1. The van der Waals surface area contributed by atoms with Crippen LogP contribution in [-0.4, -0.2) is 43.8 Å². The summed E-state index contributed by atoms with van der Waals surface area (Å²) >= 11 is 0. The SMILES string of the molecule is CCc1ccccc1N(CC(=O)N(Cc1ccccc1)[C@H](C)C(=O)NC(C)C)S(=O)(=O)c1ccc(C)cc1. The molecule has 3 aromatic carbocycles. The molecule has 0 aliphatic carbocycles. The van der Waals surface area contributed by atoms with Gasteiger partial charge in [-0.05, 0) is 63.4 Å². The van der Waals surface area contributed by atoms with Crippen LogP contribution in [0.3, 0.4) is 0 Å². The lowest BCUT2D eigenvalue weighted by atomic mass is 10.1.